The van der Waals surface area contributed by atoms with Crippen LogP contribution in [0.1, 0.15) is 43.7 Å². The molecule has 3 nitrogen and oxygen atoms in total. The predicted octanol–water partition coefficient (Wildman–Crippen LogP) is 2.50. The molecule has 1 heterocycles. The number of rotatable bonds is 3. The van der Waals surface area contributed by atoms with Gasteiger partial charge in [0.15, 0.2) is 0 Å². The van der Waals surface area contributed by atoms with E-state index in [2.05, 4.69) is 16.4 Å². The zero-order chi connectivity index (χ0) is 11.4. The zero-order valence-corrected chi connectivity index (χ0v) is 9.95. The van der Waals surface area contributed by atoms with Crippen molar-refractivity contribution in [2.75, 3.05) is 12.8 Å². The average Bonchev–Trinajstić information content (AvgIpc) is 2.34. The number of nitrogens with one attached hydrogen (secondary N) is 1. The molecule has 0 saturated heterocycles. The van der Waals surface area contributed by atoms with Crippen molar-refractivity contribution in [2.45, 2.75) is 38.1 Å². The molecule has 1 aromatic rings. The number of hydrogen-bond donors (Lipinski definition) is 2. The smallest absolute Gasteiger partial charge is 0.128 e. The first-order valence-corrected chi connectivity index (χ1v) is 6.20. The predicted molar refractivity (Wildman–Crippen MR) is 67.0 cm³/mol. The van der Waals surface area contributed by atoms with E-state index in [-0.39, 0.29) is 0 Å². The lowest BCUT2D eigenvalue weighted by molar-refractivity contribution is 0.282. The van der Waals surface area contributed by atoms with Gasteiger partial charge < -0.3 is 11.1 Å². The number of nitrogens with two attached hydrogens (primary N) is 1. The van der Waals surface area contributed by atoms with Crippen LogP contribution in [0.4, 0.5) is 5.82 Å². The average molecular weight is 219 g/mol. The summed E-state index contributed by atoms with van der Waals surface area (Å²) in [5.41, 5.74) is 7.12. The van der Waals surface area contributed by atoms with Gasteiger partial charge in [0.2, 0.25) is 0 Å². The van der Waals surface area contributed by atoms with Crippen LogP contribution < -0.4 is 11.1 Å². The van der Waals surface area contributed by atoms with Crippen LogP contribution in [0.2, 0.25) is 0 Å². The summed E-state index contributed by atoms with van der Waals surface area (Å²) in [6.45, 7) is 0. The van der Waals surface area contributed by atoms with Gasteiger partial charge in [-0.15, -0.1) is 0 Å². The van der Waals surface area contributed by atoms with Crippen molar-refractivity contribution in [3.63, 3.8) is 0 Å². The maximum Gasteiger partial charge on any atom is 0.128 e. The number of nitrogens with zero attached hydrogens (tertiary/aromatic N) is 1. The highest BCUT2D eigenvalue weighted by Gasteiger charge is 2.25. The van der Waals surface area contributed by atoms with Gasteiger partial charge in [0.05, 0.1) is 0 Å². The van der Waals surface area contributed by atoms with Gasteiger partial charge in [-0.1, -0.05) is 25.3 Å². The van der Waals surface area contributed by atoms with Crippen molar-refractivity contribution in [1.82, 2.24) is 10.3 Å². The van der Waals surface area contributed by atoms with Gasteiger partial charge in [0.25, 0.3) is 0 Å². The summed E-state index contributed by atoms with van der Waals surface area (Å²) in [6.07, 6.45) is 8.45. The van der Waals surface area contributed by atoms with Crippen molar-refractivity contribution in [1.29, 1.82) is 0 Å². The minimum absolute atomic E-state index is 0.369. The summed E-state index contributed by atoms with van der Waals surface area (Å²) >= 11 is 0. The molecular formula is C13H21N3. The molecule has 1 aliphatic rings. The Kier molecular flexibility index (Phi) is 3.78. The fourth-order valence-corrected chi connectivity index (χ4v) is 2.81. The van der Waals surface area contributed by atoms with E-state index in [0.717, 1.165) is 5.56 Å². The van der Waals surface area contributed by atoms with E-state index in [1.807, 2.05) is 13.1 Å². The molecule has 16 heavy (non-hydrogen) atoms. The second kappa shape index (κ2) is 5.30. The molecule has 1 fully saturated rings. The molecule has 88 valence electrons. The largest absolute Gasteiger partial charge is 0.383 e. The van der Waals surface area contributed by atoms with Gasteiger partial charge in [0, 0.05) is 17.8 Å². The molecule has 1 atom stereocenters. The molecule has 3 heteroatoms. The van der Waals surface area contributed by atoms with Crippen LogP contribution in [0.25, 0.3) is 0 Å². The molecular weight excluding hydrogens is 198 g/mol. The van der Waals surface area contributed by atoms with Crippen LogP contribution in [-0.2, 0) is 0 Å². The van der Waals surface area contributed by atoms with Gasteiger partial charge in [-0.05, 0) is 31.9 Å². The third kappa shape index (κ3) is 2.35. The van der Waals surface area contributed by atoms with Crippen LogP contribution in [-0.4, -0.2) is 12.0 Å². The van der Waals surface area contributed by atoms with E-state index >= 15 is 0 Å². The molecule has 1 aromatic heterocycles. The first-order chi connectivity index (χ1) is 7.83. The molecule has 0 bridgehead atoms. The molecule has 0 aromatic carbocycles. The summed E-state index contributed by atoms with van der Waals surface area (Å²) in [5, 5.41) is 3.41. The summed E-state index contributed by atoms with van der Waals surface area (Å²) in [5.74, 6) is 1.39. The molecule has 0 spiro atoms. The maximum atomic E-state index is 5.95. The Morgan fingerprint density at radius 3 is 2.75 bits per heavy atom. The molecule has 0 aliphatic heterocycles. The lowest BCUT2D eigenvalue weighted by Crippen LogP contribution is -2.27. The number of pyridine rings is 1. The molecule has 3 N–H and O–H groups in total. The Hall–Kier alpha value is -1.09. The normalized spacial score (nSPS) is 19.6. The minimum atomic E-state index is 0.369. The Labute approximate surface area is 97.5 Å². The Balaban J connectivity index is 2.18. The highest BCUT2D eigenvalue weighted by molar-refractivity contribution is 5.41. The van der Waals surface area contributed by atoms with Gasteiger partial charge in [0.1, 0.15) is 5.82 Å². The van der Waals surface area contributed by atoms with E-state index in [1.54, 1.807) is 6.20 Å². The lowest BCUT2D eigenvalue weighted by Gasteiger charge is -2.30. The van der Waals surface area contributed by atoms with Gasteiger partial charge in [-0.3, -0.25) is 0 Å². The highest BCUT2D eigenvalue weighted by Crippen LogP contribution is 2.35. The maximum absolute atomic E-state index is 5.95. The van der Waals surface area contributed by atoms with Crippen molar-refractivity contribution >= 4 is 5.82 Å². The molecule has 1 saturated carbocycles. The molecule has 1 unspecified atom stereocenters. The monoisotopic (exact) mass is 219 g/mol. The minimum Gasteiger partial charge on any atom is -0.383 e. The first kappa shape index (κ1) is 11.4. The second-order valence-electron chi connectivity index (χ2n) is 4.64. The van der Waals surface area contributed by atoms with E-state index in [1.165, 1.54) is 32.1 Å². The van der Waals surface area contributed by atoms with Crippen LogP contribution in [0.15, 0.2) is 18.3 Å². The lowest BCUT2D eigenvalue weighted by atomic mass is 9.81. The second-order valence-corrected chi connectivity index (χ2v) is 4.64. The SMILES string of the molecule is CNC(c1cccnc1N)C1CCCCC1. The summed E-state index contributed by atoms with van der Waals surface area (Å²) in [4.78, 5) is 4.18. The van der Waals surface area contributed by atoms with Crippen molar-refractivity contribution in [3.05, 3.63) is 23.9 Å². The quantitative estimate of drug-likeness (QED) is 0.821. The van der Waals surface area contributed by atoms with Crippen molar-refractivity contribution < 1.29 is 0 Å². The standard InChI is InChI=1S/C13H21N3/c1-15-12(10-6-3-2-4-7-10)11-8-5-9-16-13(11)14/h5,8-10,12,15H,2-4,6-7H2,1H3,(H2,14,16). The number of anilines is 1. The van der Waals surface area contributed by atoms with Crippen LogP contribution in [0.3, 0.4) is 0 Å². The fraction of sp³-hybridized carbons (Fsp3) is 0.615. The van der Waals surface area contributed by atoms with Crippen molar-refractivity contribution in [3.8, 4) is 0 Å². The van der Waals surface area contributed by atoms with Crippen LogP contribution in [0, 0.1) is 5.92 Å². The number of hydrogen-bond acceptors (Lipinski definition) is 3. The Morgan fingerprint density at radius 1 is 1.38 bits per heavy atom. The Morgan fingerprint density at radius 2 is 2.12 bits per heavy atom. The summed E-state index contributed by atoms with van der Waals surface area (Å²) in [6, 6.07) is 4.44. The first-order valence-electron chi connectivity index (χ1n) is 6.20. The molecule has 2 rings (SSSR count). The summed E-state index contributed by atoms with van der Waals surface area (Å²) in [7, 11) is 2.02. The van der Waals surface area contributed by atoms with Gasteiger partial charge in [-0.2, -0.15) is 0 Å². The third-order valence-corrected chi connectivity index (χ3v) is 3.64. The molecule has 0 radical (unpaired) electrons. The van der Waals surface area contributed by atoms with E-state index in [4.69, 9.17) is 5.73 Å². The van der Waals surface area contributed by atoms with E-state index in [0.29, 0.717) is 17.8 Å². The third-order valence-electron chi connectivity index (χ3n) is 3.64. The topological polar surface area (TPSA) is 50.9 Å². The van der Waals surface area contributed by atoms with E-state index in [9.17, 15) is 0 Å². The zero-order valence-electron chi connectivity index (χ0n) is 9.95. The number of nitrogen functional groups attached to an aromatic ring is 1. The molecule has 1 aliphatic carbocycles. The summed E-state index contributed by atoms with van der Waals surface area (Å²) < 4.78 is 0. The van der Waals surface area contributed by atoms with Gasteiger partial charge >= 0.3 is 0 Å². The van der Waals surface area contributed by atoms with E-state index < -0.39 is 0 Å². The highest BCUT2D eigenvalue weighted by atomic mass is 14.9. The molecule has 0 amide bonds. The van der Waals surface area contributed by atoms with Gasteiger partial charge in [-0.25, -0.2) is 4.98 Å². The van der Waals surface area contributed by atoms with Crippen LogP contribution >= 0.6 is 0 Å². The number of aromatic nitrogens is 1. The van der Waals surface area contributed by atoms with Crippen LogP contribution in [0.5, 0.6) is 0 Å². The van der Waals surface area contributed by atoms with Crippen molar-refractivity contribution in [2.24, 2.45) is 5.92 Å². The Bertz CT molecular complexity index is 332. The fourth-order valence-electron chi connectivity index (χ4n) is 2.81.